The van der Waals surface area contributed by atoms with Gasteiger partial charge in [0.1, 0.15) is 0 Å². The lowest BCUT2D eigenvalue weighted by Gasteiger charge is -2.08. The molecule has 0 spiro atoms. The Kier molecular flexibility index (Phi) is 2.53. The number of fused-ring (bicyclic) bond motifs is 1. The molecule has 1 aromatic carbocycles. The number of imidazole rings is 1. The number of benzene rings is 1. The summed E-state index contributed by atoms with van der Waals surface area (Å²) >= 11 is 0. The Hall–Kier alpha value is -2.27. The van der Waals surface area contributed by atoms with Crippen LogP contribution in [0.5, 0.6) is 0 Å². The predicted octanol–water partition coefficient (Wildman–Crippen LogP) is 1.43. The molecule has 2 aromatic heterocycles. The number of hydrogen-bond acceptors (Lipinski definition) is 2. The molecule has 5 nitrogen and oxygen atoms in total. The van der Waals surface area contributed by atoms with Crippen molar-refractivity contribution < 1.29 is 0 Å². The molecule has 0 aliphatic carbocycles. The Bertz CT molecular complexity index is 722. The van der Waals surface area contributed by atoms with Crippen molar-refractivity contribution in [2.24, 2.45) is 5.73 Å². The van der Waals surface area contributed by atoms with E-state index < -0.39 is 0 Å². The molecule has 0 amide bonds. The largest absolute Gasteiger partial charge is 0.361 e. The average Bonchev–Trinajstić information content (AvgIpc) is 2.97. The van der Waals surface area contributed by atoms with Crippen molar-refractivity contribution in [1.29, 1.82) is 0 Å². The summed E-state index contributed by atoms with van der Waals surface area (Å²) in [6.45, 7) is 0. The molecule has 0 radical (unpaired) electrons. The van der Waals surface area contributed by atoms with Crippen LogP contribution in [0.2, 0.25) is 0 Å². The fraction of sp³-hybridized carbons (Fsp3) is 0.154. The molecule has 0 saturated heterocycles. The Labute approximate surface area is 103 Å². The summed E-state index contributed by atoms with van der Waals surface area (Å²) in [7, 11) is 0. The molecule has 3 aromatic rings. The van der Waals surface area contributed by atoms with Crippen LogP contribution in [0, 0.1) is 0 Å². The zero-order valence-corrected chi connectivity index (χ0v) is 9.73. The summed E-state index contributed by atoms with van der Waals surface area (Å²) in [5, 5.41) is 1.17. The van der Waals surface area contributed by atoms with Gasteiger partial charge in [-0.05, 0) is 18.1 Å². The molecular formula is C13H14N4O. The minimum Gasteiger partial charge on any atom is -0.361 e. The molecular weight excluding hydrogens is 228 g/mol. The van der Waals surface area contributed by atoms with E-state index in [9.17, 15) is 4.79 Å². The number of para-hydroxylation sites is 1. The third-order valence-electron chi connectivity index (χ3n) is 3.13. The van der Waals surface area contributed by atoms with Gasteiger partial charge in [0.2, 0.25) is 0 Å². The molecule has 0 fully saturated rings. The van der Waals surface area contributed by atoms with Crippen LogP contribution in [0.25, 0.3) is 10.9 Å². The Balaban J connectivity index is 1.90. The number of hydrogen-bond donors (Lipinski definition) is 4. The van der Waals surface area contributed by atoms with Crippen molar-refractivity contribution in [2.75, 3.05) is 0 Å². The lowest BCUT2D eigenvalue weighted by molar-refractivity contribution is 0.703. The molecule has 5 heteroatoms. The number of nitrogens with two attached hydrogens (primary N) is 1. The standard InChI is InChI=1S/C13H14N4O/c14-10(12-7-16-13(18)17-12)5-8-6-15-11-4-2-1-3-9(8)11/h1-4,6-7,10,15H,5,14H2,(H2,16,17,18)/t10-/m1/s1. The van der Waals surface area contributed by atoms with Crippen LogP contribution < -0.4 is 11.4 Å². The highest BCUT2D eigenvalue weighted by Gasteiger charge is 2.11. The van der Waals surface area contributed by atoms with E-state index in [1.807, 2.05) is 24.4 Å². The number of aromatic amines is 3. The summed E-state index contributed by atoms with van der Waals surface area (Å²) in [6, 6.07) is 7.87. The van der Waals surface area contributed by atoms with Gasteiger partial charge in [-0.15, -0.1) is 0 Å². The van der Waals surface area contributed by atoms with E-state index in [2.05, 4.69) is 21.0 Å². The van der Waals surface area contributed by atoms with Gasteiger partial charge in [0, 0.05) is 23.3 Å². The third-order valence-corrected chi connectivity index (χ3v) is 3.13. The molecule has 0 bridgehead atoms. The van der Waals surface area contributed by atoms with Crippen LogP contribution in [0.4, 0.5) is 0 Å². The maximum atomic E-state index is 11.0. The van der Waals surface area contributed by atoms with E-state index in [-0.39, 0.29) is 11.7 Å². The van der Waals surface area contributed by atoms with Crippen molar-refractivity contribution in [1.82, 2.24) is 15.0 Å². The maximum Gasteiger partial charge on any atom is 0.323 e. The molecule has 3 rings (SSSR count). The summed E-state index contributed by atoms with van der Waals surface area (Å²) < 4.78 is 0. The van der Waals surface area contributed by atoms with E-state index in [0.29, 0.717) is 6.42 Å². The topological polar surface area (TPSA) is 90.5 Å². The zero-order valence-electron chi connectivity index (χ0n) is 9.73. The van der Waals surface area contributed by atoms with Crippen molar-refractivity contribution in [3.8, 4) is 0 Å². The van der Waals surface area contributed by atoms with E-state index in [1.165, 1.54) is 5.39 Å². The number of rotatable bonds is 3. The predicted molar refractivity (Wildman–Crippen MR) is 70.3 cm³/mol. The van der Waals surface area contributed by atoms with Crippen LogP contribution >= 0.6 is 0 Å². The summed E-state index contributed by atoms with van der Waals surface area (Å²) in [4.78, 5) is 19.5. The average molecular weight is 242 g/mol. The van der Waals surface area contributed by atoms with E-state index >= 15 is 0 Å². The van der Waals surface area contributed by atoms with Crippen molar-refractivity contribution in [2.45, 2.75) is 12.5 Å². The molecule has 92 valence electrons. The molecule has 0 unspecified atom stereocenters. The molecule has 0 aliphatic heterocycles. The first-order valence-electron chi connectivity index (χ1n) is 5.82. The third kappa shape index (κ3) is 1.84. The van der Waals surface area contributed by atoms with E-state index in [0.717, 1.165) is 16.8 Å². The molecule has 0 saturated carbocycles. The summed E-state index contributed by atoms with van der Waals surface area (Å²) in [5.74, 6) is 0. The van der Waals surface area contributed by atoms with Crippen LogP contribution in [0.1, 0.15) is 17.3 Å². The van der Waals surface area contributed by atoms with Crippen molar-refractivity contribution >= 4 is 10.9 Å². The summed E-state index contributed by atoms with van der Waals surface area (Å²) in [6.07, 6.45) is 4.27. The van der Waals surface area contributed by atoms with E-state index in [1.54, 1.807) is 6.20 Å². The maximum absolute atomic E-state index is 11.0. The minimum absolute atomic E-state index is 0.219. The number of aromatic nitrogens is 3. The SMILES string of the molecule is N[C@H](Cc1c[nH]c2ccccc12)c1c[nH]c(=O)[nH]1. The Morgan fingerprint density at radius 2 is 2.00 bits per heavy atom. The van der Waals surface area contributed by atoms with Crippen LogP contribution in [0.15, 0.2) is 41.5 Å². The van der Waals surface area contributed by atoms with E-state index in [4.69, 9.17) is 5.73 Å². The van der Waals surface area contributed by atoms with Gasteiger partial charge in [0.25, 0.3) is 0 Å². The van der Waals surface area contributed by atoms with Crippen molar-refractivity contribution in [3.05, 3.63) is 58.4 Å². The second-order valence-electron chi connectivity index (χ2n) is 4.37. The Morgan fingerprint density at radius 1 is 1.17 bits per heavy atom. The highest BCUT2D eigenvalue weighted by Crippen LogP contribution is 2.21. The van der Waals surface area contributed by atoms with Gasteiger partial charge in [0.15, 0.2) is 0 Å². The van der Waals surface area contributed by atoms with Gasteiger partial charge in [-0.25, -0.2) is 4.79 Å². The van der Waals surface area contributed by atoms with Gasteiger partial charge >= 0.3 is 5.69 Å². The number of H-pyrrole nitrogens is 3. The van der Waals surface area contributed by atoms with Gasteiger partial charge < -0.3 is 20.7 Å². The Morgan fingerprint density at radius 3 is 2.78 bits per heavy atom. The van der Waals surface area contributed by atoms with Gasteiger partial charge in [-0.1, -0.05) is 18.2 Å². The first kappa shape index (κ1) is 10.9. The first-order valence-corrected chi connectivity index (χ1v) is 5.82. The molecule has 1 atom stereocenters. The normalized spacial score (nSPS) is 12.9. The second kappa shape index (κ2) is 4.19. The quantitative estimate of drug-likeness (QED) is 0.559. The molecule has 5 N–H and O–H groups in total. The van der Waals surface area contributed by atoms with Crippen molar-refractivity contribution in [3.63, 3.8) is 0 Å². The minimum atomic E-state index is -0.223. The summed E-state index contributed by atoms with van der Waals surface area (Å²) in [5.41, 5.74) is 8.84. The fourth-order valence-electron chi connectivity index (χ4n) is 2.19. The number of nitrogens with one attached hydrogen (secondary N) is 3. The van der Waals surface area contributed by atoms with Gasteiger partial charge in [0.05, 0.1) is 11.7 Å². The second-order valence-corrected chi connectivity index (χ2v) is 4.37. The van der Waals surface area contributed by atoms with Crippen LogP contribution in [-0.4, -0.2) is 15.0 Å². The van der Waals surface area contributed by atoms with Crippen LogP contribution in [0.3, 0.4) is 0 Å². The fourth-order valence-corrected chi connectivity index (χ4v) is 2.19. The first-order chi connectivity index (χ1) is 8.74. The molecule has 2 heterocycles. The smallest absolute Gasteiger partial charge is 0.323 e. The zero-order chi connectivity index (χ0) is 12.5. The lowest BCUT2D eigenvalue weighted by atomic mass is 10.0. The van der Waals surface area contributed by atoms with Gasteiger partial charge in [-0.2, -0.15) is 0 Å². The highest BCUT2D eigenvalue weighted by molar-refractivity contribution is 5.83. The monoisotopic (exact) mass is 242 g/mol. The molecule has 0 aliphatic rings. The molecule has 18 heavy (non-hydrogen) atoms. The highest BCUT2D eigenvalue weighted by atomic mass is 16.1. The lowest BCUT2D eigenvalue weighted by Crippen LogP contribution is -2.15. The van der Waals surface area contributed by atoms with Crippen LogP contribution in [-0.2, 0) is 6.42 Å². The van der Waals surface area contributed by atoms with Gasteiger partial charge in [-0.3, -0.25) is 0 Å².